The number of amides is 2. The number of imide groups is 1. The number of rotatable bonds is 5. The summed E-state index contributed by atoms with van der Waals surface area (Å²) in [7, 11) is 1.56. The third-order valence-electron chi connectivity index (χ3n) is 3.00. The van der Waals surface area contributed by atoms with Crippen LogP contribution in [0.2, 0.25) is 0 Å². The van der Waals surface area contributed by atoms with E-state index in [1.165, 1.54) is 0 Å². The maximum absolute atomic E-state index is 12.3. The SMILES string of the molecule is COc1ccc(/C=C2/SC(=O)N(CC(=O)OC(C)C)C2=O)cc1Br. The highest BCUT2D eigenvalue weighted by molar-refractivity contribution is 9.10. The van der Waals surface area contributed by atoms with Gasteiger partial charge in [-0.05, 0) is 65.3 Å². The number of hydrogen-bond donors (Lipinski definition) is 0. The van der Waals surface area contributed by atoms with Gasteiger partial charge in [-0.3, -0.25) is 19.3 Å². The molecule has 1 fully saturated rings. The van der Waals surface area contributed by atoms with Crippen molar-refractivity contribution in [3.8, 4) is 5.75 Å². The van der Waals surface area contributed by atoms with Crippen LogP contribution in [-0.2, 0) is 14.3 Å². The quantitative estimate of drug-likeness (QED) is 0.543. The van der Waals surface area contributed by atoms with Gasteiger partial charge >= 0.3 is 5.97 Å². The summed E-state index contributed by atoms with van der Waals surface area (Å²) >= 11 is 4.16. The van der Waals surface area contributed by atoms with Gasteiger partial charge in [0.15, 0.2) is 0 Å². The Hall–Kier alpha value is -1.80. The largest absolute Gasteiger partial charge is 0.496 e. The van der Waals surface area contributed by atoms with Crippen LogP contribution in [0.1, 0.15) is 19.4 Å². The van der Waals surface area contributed by atoms with Crippen LogP contribution in [0.25, 0.3) is 6.08 Å². The Morgan fingerprint density at radius 1 is 1.38 bits per heavy atom. The lowest BCUT2D eigenvalue weighted by molar-refractivity contribution is -0.149. The van der Waals surface area contributed by atoms with E-state index in [-0.39, 0.29) is 17.6 Å². The Balaban J connectivity index is 2.15. The molecule has 1 aliphatic heterocycles. The first-order chi connectivity index (χ1) is 11.3. The average Bonchev–Trinajstić information content (AvgIpc) is 2.74. The van der Waals surface area contributed by atoms with E-state index in [0.717, 1.165) is 26.7 Å². The highest BCUT2D eigenvalue weighted by atomic mass is 79.9. The minimum absolute atomic E-state index is 0.259. The number of thioether (sulfide) groups is 1. The molecular formula is C16H16BrNO5S. The van der Waals surface area contributed by atoms with Crippen molar-refractivity contribution in [2.45, 2.75) is 20.0 Å². The lowest BCUT2D eigenvalue weighted by atomic mass is 10.2. The van der Waals surface area contributed by atoms with Crippen LogP contribution in [0, 0.1) is 0 Å². The van der Waals surface area contributed by atoms with Crippen LogP contribution in [0.5, 0.6) is 5.75 Å². The molecule has 0 bridgehead atoms. The number of nitrogens with zero attached hydrogens (tertiary/aromatic N) is 1. The van der Waals surface area contributed by atoms with Crippen LogP contribution in [-0.4, -0.2) is 41.8 Å². The van der Waals surface area contributed by atoms with Crippen LogP contribution < -0.4 is 4.74 Å². The zero-order chi connectivity index (χ0) is 17.9. The molecule has 1 aliphatic rings. The minimum Gasteiger partial charge on any atom is -0.496 e. The number of carbonyl (C=O) groups is 3. The van der Waals surface area contributed by atoms with E-state index < -0.39 is 17.1 Å². The molecule has 128 valence electrons. The number of carbonyl (C=O) groups excluding carboxylic acids is 3. The number of methoxy groups -OCH3 is 1. The summed E-state index contributed by atoms with van der Waals surface area (Å²) in [4.78, 5) is 37.1. The fourth-order valence-electron chi connectivity index (χ4n) is 1.99. The fraction of sp³-hybridized carbons (Fsp3) is 0.312. The van der Waals surface area contributed by atoms with Crippen molar-refractivity contribution >= 4 is 50.9 Å². The standard InChI is InChI=1S/C16H16BrNO5S/c1-9(2)23-14(19)8-18-15(20)13(24-16(18)21)7-10-4-5-12(22-3)11(17)6-10/h4-7,9H,8H2,1-3H3/b13-7+. The number of halogens is 1. The van der Waals surface area contributed by atoms with Gasteiger partial charge in [0, 0.05) is 0 Å². The monoisotopic (exact) mass is 413 g/mol. The molecule has 0 atom stereocenters. The lowest BCUT2D eigenvalue weighted by Crippen LogP contribution is -2.35. The van der Waals surface area contributed by atoms with Gasteiger partial charge < -0.3 is 9.47 Å². The summed E-state index contributed by atoms with van der Waals surface area (Å²) < 4.78 is 10.9. The van der Waals surface area contributed by atoms with E-state index in [0.29, 0.717) is 5.75 Å². The first-order valence-electron chi connectivity index (χ1n) is 7.10. The molecule has 1 saturated heterocycles. The molecule has 24 heavy (non-hydrogen) atoms. The van der Waals surface area contributed by atoms with Gasteiger partial charge in [-0.25, -0.2) is 0 Å². The molecule has 0 aliphatic carbocycles. The molecule has 1 heterocycles. The van der Waals surface area contributed by atoms with Crippen molar-refractivity contribution in [3.05, 3.63) is 33.1 Å². The second-order valence-corrected chi connectivity index (χ2v) is 7.05. The second-order valence-electron chi connectivity index (χ2n) is 5.20. The normalized spacial score (nSPS) is 16.2. The average molecular weight is 414 g/mol. The number of esters is 1. The summed E-state index contributed by atoms with van der Waals surface area (Å²) in [6.45, 7) is 3.02. The summed E-state index contributed by atoms with van der Waals surface area (Å²) in [5, 5.41) is -0.487. The number of benzene rings is 1. The molecule has 0 saturated carbocycles. The van der Waals surface area contributed by atoms with Gasteiger partial charge in [0.25, 0.3) is 11.1 Å². The van der Waals surface area contributed by atoms with Crippen molar-refractivity contribution in [1.29, 1.82) is 0 Å². The van der Waals surface area contributed by atoms with Crippen molar-refractivity contribution in [2.24, 2.45) is 0 Å². The van der Waals surface area contributed by atoms with Crippen LogP contribution >= 0.6 is 27.7 Å². The van der Waals surface area contributed by atoms with Crippen molar-refractivity contribution in [2.75, 3.05) is 13.7 Å². The van der Waals surface area contributed by atoms with E-state index in [4.69, 9.17) is 9.47 Å². The summed E-state index contributed by atoms with van der Waals surface area (Å²) in [5.74, 6) is -0.449. The van der Waals surface area contributed by atoms with Crippen LogP contribution in [0.15, 0.2) is 27.6 Å². The minimum atomic E-state index is -0.610. The molecule has 2 rings (SSSR count). The Kier molecular flexibility index (Phi) is 6.06. The van der Waals surface area contributed by atoms with Crippen LogP contribution in [0.3, 0.4) is 0 Å². The molecule has 0 unspecified atom stereocenters. The topological polar surface area (TPSA) is 72.9 Å². The van der Waals surface area contributed by atoms with E-state index in [2.05, 4.69) is 15.9 Å². The molecule has 0 aromatic heterocycles. The zero-order valence-electron chi connectivity index (χ0n) is 13.4. The Morgan fingerprint density at radius 2 is 2.08 bits per heavy atom. The van der Waals surface area contributed by atoms with Crippen molar-refractivity contribution < 1.29 is 23.9 Å². The van der Waals surface area contributed by atoms with Gasteiger partial charge in [-0.2, -0.15) is 0 Å². The molecular weight excluding hydrogens is 398 g/mol. The third-order valence-corrected chi connectivity index (χ3v) is 4.53. The molecule has 8 heteroatoms. The predicted octanol–water partition coefficient (Wildman–Crippen LogP) is 3.45. The molecule has 1 aromatic rings. The first kappa shape index (κ1) is 18.5. The summed E-state index contributed by atoms with van der Waals surface area (Å²) in [5.41, 5.74) is 0.734. The second kappa shape index (κ2) is 7.85. The van der Waals surface area contributed by atoms with E-state index in [9.17, 15) is 14.4 Å². The third kappa shape index (κ3) is 4.39. The Labute approximate surface area is 152 Å². The van der Waals surface area contributed by atoms with E-state index in [1.54, 1.807) is 45.2 Å². The maximum atomic E-state index is 12.3. The fourth-order valence-corrected chi connectivity index (χ4v) is 3.39. The van der Waals surface area contributed by atoms with Gasteiger partial charge in [0.2, 0.25) is 0 Å². The zero-order valence-corrected chi connectivity index (χ0v) is 15.8. The predicted molar refractivity (Wildman–Crippen MR) is 94.6 cm³/mol. The molecule has 2 amide bonds. The molecule has 0 radical (unpaired) electrons. The maximum Gasteiger partial charge on any atom is 0.326 e. The Morgan fingerprint density at radius 3 is 2.67 bits per heavy atom. The molecule has 0 spiro atoms. The summed E-state index contributed by atoms with van der Waals surface area (Å²) in [6.07, 6.45) is 1.30. The number of hydrogen-bond acceptors (Lipinski definition) is 6. The van der Waals surface area contributed by atoms with Crippen LogP contribution in [0.4, 0.5) is 4.79 Å². The highest BCUT2D eigenvalue weighted by Gasteiger charge is 2.36. The first-order valence-corrected chi connectivity index (χ1v) is 8.71. The van der Waals surface area contributed by atoms with Crippen molar-refractivity contribution in [1.82, 2.24) is 4.90 Å². The van der Waals surface area contributed by atoms with Gasteiger partial charge in [-0.15, -0.1) is 0 Å². The van der Waals surface area contributed by atoms with E-state index in [1.807, 2.05) is 0 Å². The molecule has 6 nitrogen and oxygen atoms in total. The number of ether oxygens (including phenoxy) is 2. The van der Waals surface area contributed by atoms with Crippen molar-refractivity contribution in [3.63, 3.8) is 0 Å². The summed E-state index contributed by atoms with van der Waals surface area (Å²) in [6, 6.07) is 5.30. The van der Waals surface area contributed by atoms with Gasteiger partial charge in [0.05, 0.1) is 22.6 Å². The molecule has 1 aromatic carbocycles. The highest BCUT2D eigenvalue weighted by Crippen LogP contribution is 2.33. The van der Waals surface area contributed by atoms with E-state index >= 15 is 0 Å². The van der Waals surface area contributed by atoms with Gasteiger partial charge in [-0.1, -0.05) is 6.07 Å². The smallest absolute Gasteiger partial charge is 0.326 e. The van der Waals surface area contributed by atoms with Gasteiger partial charge in [0.1, 0.15) is 12.3 Å². The molecule has 0 N–H and O–H groups in total. The lowest BCUT2D eigenvalue weighted by Gasteiger charge is -2.13. The Bertz CT molecular complexity index is 716.